The highest BCUT2D eigenvalue weighted by Gasteiger charge is 2.38. The monoisotopic (exact) mass is 172 g/mol. The molecular formula is C12H12O. The molecule has 1 spiro atoms. The van der Waals surface area contributed by atoms with Crippen molar-refractivity contribution < 1.29 is 4.74 Å². The summed E-state index contributed by atoms with van der Waals surface area (Å²) in [6.45, 7) is 0. The maximum Gasteiger partial charge on any atom is 0.127 e. The molecule has 2 aliphatic rings. The largest absolute Gasteiger partial charge is 0.483 e. The van der Waals surface area contributed by atoms with E-state index in [1.165, 1.54) is 24.8 Å². The van der Waals surface area contributed by atoms with Gasteiger partial charge in [0.25, 0.3) is 0 Å². The third-order valence-electron chi connectivity index (χ3n) is 3.00. The minimum absolute atomic E-state index is 0.0638. The van der Waals surface area contributed by atoms with Crippen molar-refractivity contribution in [2.24, 2.45) is 0 Å². The van der Waals surface area contributed by atoms with Gasteiger partial charge in [-0.15, -0.1) is 0 Å². The van der Waals surface area contributed by atoms with E-state index in [0.29, 0.717) is 0 Å². The van der Waals surface area contributed by atoms with Crippen LogP contribution in [0.25, 0.3) is 6.08 Å². The first-order chi connectivity index (χ1) is 6.38. The van der Waals surface area contributed by atoms with Crippen molar-refractivity contribution in [2.45, 2.75) is 24.9 Å². The Morgan fingerprint density at radius 2 is 2.00 bits per heavy atom. The minimum Gasteiger partial charge on any atom is -0.483 e. The summed E-state index contributed by atoms with van der Waals surface area (Å²) >= 11 is 0. The molecule has 1 heterocycles. The lowest BCUT2D eigenvalue weighted by Crippen LogP contribution is -2.42. The van der Waals surface area contributed by atoms with Gasteiger partial charge in [-0.25, -0.2) is 0 Å². The van der Waals surface area contributed by atoms with Gasteiger partial charge in [-0.3, -0.25) is 0 Å². The molecule has 0 N–H and O–H groups in total. The number of hydrogen-bond donors (Lipinski definition) is 0. The average Bonchev–Trinajstić information content (AvgIpc) is 2.15. The maximum atomic E-state index is 5.97. The molecule has 1 aromatic carbocycles. The fourth-order valence-corrected chi connectivity index (χ4v) is 2.00. The van der Waals surface area contributed by atoms with E-state index in [0.717, 1.165) is 5.75 Å². The lowest BCUT2D eigenvalue weighted by atomic mass is 9.78. The van der Waals surface area contributed by atoms with E-state index in [1.54, 1.807) is 0 Å². The zero-order valence-corrected chi connectivity index (χ0v) is 7.49. The molecule has 0 aromatic heterocycles. The van der Waals surface area contributed by atoms with Crippen molar-refractivity contribution in [3.8, 4) is 5.75 Å². The van der Waals surface area contributed by atoms with Crippen LogP contribution in [0.15, 0.2) is 30.3 Å². The molecule has 1 heteroatoms. The zero-order valence-electron chi connectivity index (χ0n) is 7.49. The van der Waals surface area contributed by atoms with Crippen molar-refractivity contribution in [3.05, 3.63) is 35.9 Å². The normalized spacial score (nSPS) is 21.8. The molecule has 3 rings (SSSR count). The molecule has 0 unspecified atom stereocenters. The van der Waals surface area contributed by atoms with Gasteiger partial charge in [0.15, 0.2) is 0 Å². The van der Waals surface area contributed by atoms with Crippen LogP contribution in [-0.4, -0.2) is 5.60 Å². The van der Waals surface area contributed by atoms with E-state index in [-0.39, 0.29) is 5.60 Å². The second-order valence-corrected chi connectivity index (χ2v) is 3.89. The Morgan fingerprint density at radius 3 is 2.77 bits per heavy atom. The standard InChI is InChI=1S/C12H12O/c1-2-5-11-10(4-1)6-9-12(13-11)7-3-8-12/h1-2,4-6,9H,3,7-8H2. The van der Waals surface area contributed by atoms with Gasteiger partial charge >= 0.3 is 0 Å². The smallest absolute Gasteiger partial charge is 0.127 e. The second-order valence-electron chi connectivity index (χ2n) is 3.89. The highest BCUT2D eigenvalue weighted by atomic mass is 16.5. The third-order valence-corrected chi connectivity index (χ3v) is 3.00. The Hall–Kier alpha value is -1.24. The van der Waals surface area contributed by atoms with Crippen LogP contribution in [0.3, 0.4) is 0 Å². The summed E-state index contributed by atoms with van der Waals surface area (Å²) in [6, 6.07) is 8.23. The van der Waals surface area contributed by atoms with Crippen LogP contribution in [0.2, 0.25) is 0 Å². The molecule has 0 radical (unpaired) electrons. The number of fused-ring (bicyclic) bond motifs is 1. The Labute approximate surface area is 78.0 Å². The molecule has 0 amide bonds. The van der Waals surface area contributed by atoms with Crippen molar-refractivity contribution in [1.29, 1.82) is 0 Å². The van der Waals surface area contributed by atoms with E-state index in [4.69, 9.17) is 4.74 Å². The van der Waals surface area contributed by atoms with E-state index >= 15 is 0 Å². The molecular weight excluding hydrogens is 160 g/mol. The summed E-state index contributed by atoms with van der Waals surface area (Å²) in [7, 11) is 0. The van der Waals surface area contributed by atoms with Crippen LogP contribution in [0.1, 0.15) is 24.8 Å². The minimum atomic E-state index is 0.0638. The van der Waals surface area contributed by atoms with E-state index in [1.807, 2.05) is 12.1 Å². The average molecular weight is 172 g/mol. The number of para-hydroxylation sites is 1. The first-order valence-electron chi connectivity index (χ1n) is 4.85. The van der Waals surface area contributed by atoms with Gasteiger partial charge in [-0.2, -0.15) is 0 Å². The maximum absolute atomic E-state index is 5.97. The van der Waals surface area contributed by atoms with Crippen LogP contribution in [-0.2, 0) is 0 Å². The van der Waals surface area contributed by atoms with Crippen molar-refractivity contribution in [2.75, 3.05) is 0 Å². The lowest BCUT2D eigenvalue weighted by Gasteiger charge is -2.41. The van der Waals surface area contributed by atoms with Crippen molar-refractivity contribution in [1.82, 2.24) is 0 Å². The van der Waals surface area contributed by atoms with Crippen molar-refractivity contribution >= 4 is 6.08 Å². The molecule has 1 nitrogen and oxygen atoms in total. The summed E-state index contributed by atoms with van der Waals surface area (Å²) in [5, 5.41) is 0. The van der Waals surface area contributed by atoms with E-state index < -0.39 is 0 Å². The van der Waals surface area contributed by atoms with E-state index in [9.17, 15) is 0 Å². The number of benzene rings is 1. The molecule has 0 bridgehead atoms. The van der Waals surface area contributed by atoms with Crippen LogP contribution in [0.4, 0.5) is 0 Å². The highest BCUT2D eigenvalue weighted by molar-refractivity contribution is 5.61. The van der Waals surface area contributed by atoms with E-state index in [2.05, 4.69) is 24.3 Å². The molecule has 0 saturated heterocycles. The molecule has 13 heavy (non-hydrogen) atoms. The fourth-order valence-electron chi connectivity index (χ4n) is 2.00. The van der Waals surface area contributed by atoms with Crippen LogP contribution >= 0.6 is 0 Å². The molecule has 1 aliphatic heterocycles. The van der Waals surface area contributed by atoms with Gasteiger partial charge in [0.2, 0.25) is 0 Å². The number of ether oxygens (including phenoxy) is 1. The first-order valence-corrected chi connectivity index (χ1v) is 4.85. The summed E-state index contributed by atoms with van der Waals surface area (Å²) < 4.78 is 5.97. The van der Waals surface area contributed by atoms with Gasteiger partial charge in [-0.1, -0.05) is 24.3 Å². The van der Waals surface area contributed by atoms with Crippen molar-refractivity contribution in [3.63, 3.8) is 0 Å². The molecule has 1 aromatic rings. The Balaban J connectivity index is 2.03. The lowest BCUT2D eigenvalue weighted by molar-refractivity contribution is 0.0382. The Kier molecular flexibility index (Phi) is 1.32. The van der Waals surface area contributed by atoms with Crippen LogP contribution in [0.5, 0.6) is 5.75 Å². The Morgan fingerprint density at radius 1 is 1.15 bits per heavy atom. The first kappa shape index (κ1) is 7.19. The van der Waals surface area contributed by atoms with Gasteiger partial charge in [-0.05, 0) is 31.4 Å². The molecule has 1 aliphatic carbocycles. The summed E-state index contributed by atoms with van der Waals surface area (Å²) in [5.41, 5.74) is 1.27. The fraction of sp³-hybridized carbons (Fsp3) is 0.333. The summed E-state index contributed by atoms with van der Waals surface area (Å²) in [6.07, 6.45) is 8.07. The predicted octanol–water partition coefficient (Wildman–Crippen LogP) is 3.01. The van der Waals surface area contributed by atoms with Gasteiger partial charge in [0.05, 0.1) is 0 Å². The topological polar surface area (TPSA) is 9.23 Å². The van der Waals surface area contributed by atoms with Gasteiger partial charge in [0, 0.05) is 5.56 Å². The molecule has 0 atom stereocenters. The molecule has 1 saturated carbocycles. The summed E-state index contributed by atoms with van der Waals surface area (Å²) in [4.78, 5) is 0. The molecule has 1 fully saturated rings. The zero-order chi connectivity index (χ0) is 8.73. The summed E-state index contributed by atoms with van der Waals surface area (Å²) in [5.74, 6) is 1.05. The Bertz CT molecular complexity index is 361. The third kappa shape index (κ3) is 0.998. The number of rotatable bonds is 0. The SMILES string of the molecule is C1=CC2(CCC2)Oc2ccccc21. The predicted molar refractivity (Wildman–Crippen MR) is 52.7 cm³/mol. The van der Waals surface area contributed by atoms with Gasteiger partial charge in [0.1, 0.15) is 11.4 Å². The van der Waals surface area contributed by atoms with Gasteiger partial charge < -0.3 is 4.74 Å². The highest BCUT2D eigenvalue weighted by Crippen LogP contribution is 2.42. The second kappa shape index (κ2) is 2.38. The molecule has 66 valence electrons. The number of hydrogen-bond acceptors (Lipinski definition) is 1. The quantitative estimate of drug-likeness (QED) is 0.584. The van der Waals surface area contributed by atoms with Crippen LogP contribution < -0.4 is 4.74 Å². The van der Waals surface area contributed by atoms with Crippen LogP contribution in [0, 0.1) is 0 Å².